The molecule has 0 aromatic rings. The summed E-state index contributed by atoms with van der Waals surface area (Å²) in [7, 11) is 0. The Bertz CT molecular complexity index is 199. The minimum Gasteiger partial charge on any atom is -0.282 e. The molecule has 2 heterocycles. The summed E-state index contributed by atoms with van der Waals surface area (Å²) in [6.07, 6.45) is 4.16. The maximum atomic E-state index is 10.9. The van der Waals surface area contributed by atoms with Gasteiger partial charge in [0.1, 0.15) is 5.82 Å². The van der Waals surface area contributed by atoms with E-state index in [-0.39, 0.29) is 6.03 Å². The summed E-state index contributed by atoms with van der Waals surface area (Å²) in [4.78, 5) is 12.6. The molecule has 4 nitrogen and oxygen atoms in total. The normalized spacial score (nSPS) is 23.0. The van der Waals surface area contributed by atoms with Gasteiger partial charge in [0.05, 0.1) is 0 Å². The zero-order valence-electron chi connectivity index (χ0n) is 5.55. The SMILES string of the molecule is O=C1NNC2=CCCCN12. The van der Waals surface area contributed by atoms with Gasteiger partial charge in [-0.25, -0.2) is 10.2 Å². The molecular formula is C6H9N3O. The fraction of sp³-hybridized carbons (Fsp3) is 0.500. The Kier molecular flexibility index (Phi) is 1.06. The Morgan fingerprint density at radius 3 is 3.20 bits per heavy atom. The molecule has 2 amide bonds. The van der Waals surface area contributed by atoms with Gasteiger partial charge in [0.25, 0.3) is 0 Å². The number of hydrogen-bond acceptors (Lipinski definition) is 2. The van der Waals surface area contributed by atoms with Crippen LogP contribution in [0.5, 0.6) is 0 Å². The second-order valence-corrected chi connectivity index (χ2v) is 2.44. The van der Waals surface area contributed by atoms with Crippen molar-refractivity contribution >= 4 is 6.03 Å². The number of carbonyl (C=O) groups is 1. The molecule has 0 spiro atoms. The smallest absolute Gasteiger partial charge is 0.282 e. The largest absolute Gasteiger partial charge is 0.341 e. The highest BCUT2D eigenvalue weighted by atomic mass is 16.2. The average molecular weight is 139 g/mol. The molecule has 2 aliphatic heterocycles. The first-order valence-corrected chi connectivity index (χ1v) is 3.41. The number of hydrogen-bond donors (Lipinski definition) is 2. The zero-order valence-corrected chi connectivity index (χ0v) is 5.55. The third-order valence-electron chi connectivity index (χ3n) is 1.76. The molecular weight excluding hydrogens is 130 g/mol. The summed E-state index contributed by atoms with van der Waals surface area (Å²) in [6.45, 7) is 0.838. The molecule has 0 aliphatic carbocycles. The number of nitrogens with zero attached hydrogens (tertiary/aromatic N) is 1. The van der Waals surface area contributed by atoms with Gasteiger partial charge in [0.15, 0.2) is 0 Å². The fourth-order valence-corrected chi connectivity index (χ4v) is 1.23. The molecule has 0 saturated carbocycles. The topological polar surface area (TPSA) is 44.4 Å². The van der Waals surface area contributed by atoms with Crippen molar-refractivity contribution in [1.29, 1.82) is 0 Å². The number of nitrogens with one attached hydrogen (secondary N) is 2. The van der Waals surface area contributed by atoms with E-state index in [1.54, 1.807) is 4.90 Å². The van der Waals surface area contributed by atoms with Crippen LogP contribution >= 0.6 is 0 Å². The molecule has 0 bridgehead atoms. The third-order valence-corrected chi connectivity index (χ3v) is 1.76. The Morgan fingerprint density at radius 1 is 1.50 bits per heavy atom. The van der Waals surface area contributed by atoms with Crippen LogP contribution in [-0.4, -0.2) is 17.5 Å². The van der Waals surface area contributed by atoms with Gasteiger partial charge in [-0.2, -0.15) is 0 Å². The Labute approximate surface area is 58.9 Å². The predicted molar refractivity (Wildman–Crippen MR) is 35.7 cm³/mol. The van der Waals surface area contributed by atoms with Gasteiger partial charge >= 0.3 is 6.03 Å². The lowest BCUT2D eigenvalue weighted by Crippen LogP contribution is -2.29. The van der Waals surface area contributed by atoms with Crippen molar-refractivity contribution in [3.8, 4) is 0 Å². The van der Waals surface area contributed by atoms with E-state index in [4.69, 9.17) is 0 Å². The quantitative estimate of drug-likeness (QED) is 0.501. The van der Waals surface area contributed by atoms with Crippen LogP contribution in [0.3, 0.4) is 0 Å². The van der Waals surface area contributed by atoms with E-state index in [1.807, 2.05) is 6.08 Å². The molecule has 2 aliphatic rings. The molecule has 0 unspecified atom stereocenters. The third kappa shape index (κ3) is 0.650. The van der Waals surface area contributed by atoms with Crippen molar-refractivity contribution in [1.82, 2.24) is 15.8 Å². The van der Waals surface area contributed by atoms with Crippen molar-refractivity contribution in [2.75, 3.05) is 6.54 Å². The first-order chi connectivity index (χ1) is 4.88. The van der Waals surface area contributed by atoms with E-state index in [0.29, 0.717) is 0 Å². The zero-order chi connectivity index (χ0) is 6.97. The van der Waals surface area contributed by atoms with Gasteiger partial charge in [-0.05, 0) is 18.9 Å². The number of urea groups is 1. The van der Waals surface area contributed by atoms with E-state index >= 15 is 0 Å². The number of hydrazine groups is 1. The molecule has 0 aromatic heterocycles. The molecule has 54 valence electrons. The summed E-state index contributed by atoms with van der Waals surface area (Å²) in [5, 5.41) is 0. The van der Waals surface area contributed by atoms with Crippen LogP contribution in [0.25, 0.3) is 0 Å². The summed E-state index contributed by atoms with van der Waals surface area (Å²) >= 11 is 0. The molecule has 0 radical (unpaired) electrons. The van der Waals surface area contributed by atoms with Gasteiger partial charge < -0.3 is 0 Å². The molecule has 1 fully saturated rings. The van der Waals surface area contributed by atoms with E-state index in [0.717, 1.165) is 25.2 Å². The molecule has 1 saturated heterocycles. The lowest BCUT2D eigenvalue weighted by molar-refractivity contribution is 0.221. The van der Waals surface area contributed by atoms with Gasteiger partial charge in [-0.1, -0.05) is 0 Å². The Hall–Kier alpha value is -1.19. The van der Waals surface area contributed by atoms with Crippen molar-refractivity contribution in [2.45, 2.75) is 12.8 Å². The lowest BCUT2D eigenvalue weighted by atomic mass is 10.2. The summed E-state index contributed by atoms with van der Waals surface area (Å²) in [5.41, 5.74) is 5.33. The van der Waals surface area contributed by atoms with Gasteiger partial charge in [-0.15, -0.1) is 0 Å². The fourth-order valence-electron chi connectivity index (χ4n) is 1.23. The van der Waals surface area contributed by atoms with Crippen LogP contribution in [0.1, 0.15) is 12.8 Å². The summed E-state index contributed by atoms with van der Waals surface area (Å²) < 4.78 is 0. The van der Waals surface area contributed by atoms with Gasteiger partial charge in [-0.3, -0.25) is 10.3 Å². The molecule has 4 heteroatoms. The van der Waals surface area contributed by atoms with Crippen LogP contribution < -0.4 is 10.9 Å². The maximum absolute atomic E-state index is 10.9. The average Bonchev–Trinajstić information content (AvgIpc) is 2.34. The van der Waals surface area contributed by atoms with Crippen LogP contribution in [0.2, 0.25) is 0 Å². The summed E-state index contributed by atoms with van der Waals surface area (Å²) in [6, 6.07) is -0.0362. The van der Waals surface area contributed by atoms with Gasteiger partial charge in [0, 0.05) is 6.54 Å². The van der Waals surface area contributed by atoms with Crippen molar-refractivity contribution in [3.63, 3.8) is 0 Å². The van der Waals surface area contributed by atoms with E-state index in [2.05, 4.69) is 10.9 Å². The minimum absolute atomic E-state index is 0.0362. The highest BCUT2D eigenvalue weighted by Crippen LogP contribution is 2.14. The van der Waals surface area contributed by atoms with Crippen LogP contribution in [0.15, 0.2) is 11.9 Å². The second kappa shape index (κ2) is 1.90. The number of amides is 2. The second-order valence-electron chi connectivity index (χ2n) is 2.44. The standard InChI is InChI=1S/C6H9N3O/c10-6-8-7-5-3-1-2-4-9(5)6/h3,7H,1-2,4H2,(H,8,10). The number of carbonyl (C=O) groups excluding carboxylic acids is 1. The van der Waals surface area contributed by atoms with Crippen LogP contribution in [0.4, 0.5) is 4.79 Å². The maximum Gasteiger partial charge on any atom is 0.341 e. The number of fused-ring (bicyclic) bond motifs is 1. The predicted octanol–water partition coefficient (Wildman–Crippen LogP) is 0.151. The monoisotopic (exact) mass is 139 g/mol. The molecule has 10 heavy (non-hydrogen) atoms. The van der Waals surface area contributed by atoms with E-state index in [9.17, 15) is 4.79 Å². The van der Waals surface area contributed by atoms with Crippen molar-refractivity contribution < 1.29 is 4.79 Å². The Balaban J connectivity index is 2.25. The first-order valence-electron chi connectivity index (χ1n) is 3.41. The van der Waals surface area contributed by atoms with Crippen molar-refractivity contribution in [3.05, 3.63) is 11.9 Å². The first kappa shape index (κ1) is 5.58. The van der Waals surface area contributed by atoms with Crippen LogP contribution in [0, 0.1) is 0 Å². The molecule has 0 aromatic carbocycles. The van der Waals surface area contributed by atoms with Gasteiger partial charge in [0.2, 0.25) is 0 Å². The molecule has 2 rings (SSSR count). The van der Waals surface area contributed by atoms with E-state index < -0.39 is 0 Å². The van der Waals surface area contributed by atoms with E-state index in [1.165, 1.54) is 0 Å². The van der Waals surface area contributed by atoms with Crippen molar-refractivity contribution in [2.24, 2.45) is 0 Å². The molecule has 2 N–H and O–H groups in total. The minimum atomic E-state index is -0.0362. The summed E-state index contributed by atoms with van der Waals surface area (Å²) in [5.74, 6) is 0.913. The molecule has 0 atom stereocenters. The van der Waals surface area contributed by atoms with Crippen LogP contribution in [-0.2, 0) is 0 Å². The highest BCUT2D eigenvalue weighted by Gasteiger charge is 2.25. The highest BCUT2D eigenvalue weighted by molar-refractivity contribution is 5.78. The number of allylic oxidation sites excluding steroid dienone is 1. The lowest BCUT2D eigenvalue weighted by Gasteiger charge is -2.18. The Morgan fingerprint density at radius 2 is 2.40 bits per heavy atom. The number of rotatable bonds is 0.